The van der Waals surface area contributed by atoms with Gasteiger partial charge in [-0.15, -0.1) is 0 Å². The molecule has 1 rings (SSSR count). The molecule has 0 unspecified atom stereocenters. The van der Waals surface area contributed by atoms with Crippen LogP contribution in [0.1, 0.15) is 19.9 Å². The first-order valence-corrected chi connectivity index (χ1v) is 3.38. The Hall–Kier alpha value is -0.875. The van der Waals surface area contributed by atoms with Gasteiger partial charge in [-0.05, 0) is 13.8 Å². The molecule has 0 saturated carbocycles. The Balaban J connectivity index is 2.96. The first-order chi connectivity index (χ1) is 5.13. The van der Waals surface area contributed by atoms with Crippen molar-refractivity contribution >= 4 is 12.8 Å². The third-order valence-electron chi connectivity index (χ3n) is 1.32. The lowest BCUT2D eigenvalue weighted by Crippen LogP contribution is -2.39. The molecular weight excluding hydrogens is 145 g/mol. The second kappa shape index (κ2) is 3.02. The van der Waals surface area contributed by atoms with Gasteiger partial charge in [-0.25, -0.2) is 4.98 Å². The lowest BCUT2D eigenvalue weighted by molar-refractivity contribution is 0.414. The summed E-state index contributed by atoms with van der Waals surface area (Å²) in [6.07, 6.45) is 1.30. The Kier molecular flexibility index (Phi) is 2.26. The monoisotopic (exact) mass is 155 g/mol. The quantitative estimate of drug-likeness (QED) is 0.512. The van der Waals surface area contributed by atoms with Gasteiger partial charge in [-0.3, -0.25) is 4.68 Å². The van der Waals surface area contributed by atoms with Gasteiger partial charge in [0.05, 0.1) is 0 Å². The van der Waals surface area contributed by atoms with E-state index in [1.807, 2.05) is 13.8 Å². The summed E-state index contributed by atoms with van der Waals surface area (Å²) in [6.45, 7) is 3.78. The zero-order chi connectivity index (χ0) is 8.43. The van der Waals surface area contributed by atoms with E-state index in [1.165, 1.54) is 11.0 Å². The van der Waals surface area contributed by atoms with Crippen LogP contribution in [0.5, 0.6) is 0 Å². The molecule has 60 valence electrons. The molecule has 0 aliphatic heterocycles. The SMILES string of the molecule is CC(C)n1ncnc1B(O)O. The fourth-order valence-electron chi connectivity index (χ4n) is 0.842. The lowest BCUT2D eigenvalue weighted by Gasteiger charge is -2.07. The van der Waals surface area contributed by atoms with Crippen LogP contribution < -0.4 is 5.72 Å². The van der Waals surface area contributed by atoms with E-state index in [0.717, 1.165) is 0 Å². The highest BCUT2D eigenvalue weighted by Gasteiger charge is 2.19. The molecule has 1 aromatic heterocycles. The Morgan fingerprint density at radius 3 is 2.55 bits per heavy atom. The van der Waals surface area contributed by atoms with Crippen LogP contribution in [0.4, 0.5) is 0 Å². The summed E-state index contributed by atoms with van der Waals surface area (Å²) in [7, 11) is -1.54. The Morgan fingerprint density at radius 2 is 2.18 bits per heavy atom. The second-order valence-corrected chi connectivity index (χ2v) is 2.53. The molecule has 5 nitrogen and oxygen atoms in total. The van der Waals surface area contributed by atoms with Crippen LogP contribution in [0.3, 0.4) is 0 Å². The topological polar surface area (TPSA) is 71.2 Å². The molecule has 0 fully saturated rings. The van der Waals surface area contributed by atoms with Gasteiger partial charge >= 0.3 is 7.12 Å². The van der Waals surface area contributed by atoms with Crippen LogP contribution >= 0.6 is 0 Å². The first kappa shape index (κ1) is 8.22. The standard InChI is InChI=1S/C5H10BN3O2/c1-4(2)9-5(6(10)11)7-3-8-9/h3-4,10-11H,1-2H3. The number of aromatic nitrogens is 3. The van der Waals surface area contributed by atoms with Crippen LogP contribution in [-0.2, 0) is 0 Å². The van der Waals surface area contributed by atoms with Crippen LogP contribution in [0.15, 0.2) is 6.33 Å². The molecule has 11 heavy (non-hydrogen) atoms. The third kappa shape index (κ3) is 1.58. The highest BCUT2D eigenvalue weighted by atomic mass is 16.4. The molecular formula is C5H10BN3O2. The van der Waals surface area contributed by atoms with Crippen molar-refractivity contribution in [3.8, 4) is 0 Å². The molecule has 2 N–H and O–H groups in total. The van der Waals surface area contributed by atoms with E-state index in [9.17, 15) is 0 Å². The molecule has 1 heterocycles. The summed E-state index contributed by atoms with van der Waals surface area (Å²) in [5, 5.41) is 21.4. The highest BCUT2D eigenvalue weighted by molar-refractivity contribution is 6.56. The molecule has 0 aliphatic carbocycles. The number of hydrogen-bond acceptors (Lipinski definition) is 4. The van der Waals surface area contributed by atoms with Gasteiger partial charge in [0.25, 0.3) is 0 Å². The van der Waals surface area contributed by atoms with E-state index in [-0.39, 0.29) is 11.8 Å². The second-order valence-electron chi connectivity index (χ2n) is 2.53. The summed E-state index contributed by atoms with van der Waals surface area (Å²) in [5.41, 5.74) is 0.181. The predicted molar refractivity (Wildman–Crippen MR) is 40.2 cm³/mol. The Bertz CT molecular complexity index is 213. The molecule has 1 aromatic rings. The van der Waals surface area contributed by atoms with Gasteiger partial charge in [0.2, 0.25) is 0 Å². The van der Waals surface area contributed by atoms with Crippen molar-refractivity contribution in [2.24, 2.45) is 0 Å². The van der Waals surface area contributed by atoms with Gasteiger partial charge in [0.15, 0.2) is 5.72 Å². The average molecular weight is 155 g/mol. The van der Waals surface area contributed by atoms with Gasteiger partial charge < -0.3 is 10.0 Å². The van der Waals surface area contributed by atoms with E-state index >= 15 is 0 Å². The maximum Gasteiger partial charge on any atom is 0.527 e. The maximum atomic E-state index is 8.77. The summed E-state index contributed by atoms with van der Waals surface area (Å²) < 4.78 is 1.46. The van der Waals surface area contributed by atoms with E-state index < -0.39 is 7.12 Å². The number of rotatable bonds is 2. The summed E-state index contributed by atoms with van der Waals surface area (Å²) in [5.74, 6) is 0. The zero-order valence-corrected chi connectivity index (χ0v) is 6.47. The maximum absolute atomic E-state index is 8.77. The highest BCUT2D eigenvalue weighted by Crippen LogP contribution is 1.96. The minimum Gasteiger partial charge on any atom is -0.421 e. The van der Waals surface area contributed by atoms with Crippen LogP contribution in [-0.4, -0.2) is 31.9 Å². The summed E-state index contributed by atoms with van der Waals surface area (Å²) >= 11 is 0. The fourth-order valence-corrected chi connectivity index (χ4v) is 0.842. The van der Waals surface area contributed by atoms with Gasteiger partial charge in [-0.1, -0.05) is 0 Å². The largest absolute Gasteiger partial charge is 0.527 e. The molecule has 0 atom stereocenters. The first-order valence-electron chi connectivity index (χ1n) is 3.38. The van der Waals surface area contributed by atoms with Crippen molar-refractivity contribution in [1.82, 2.24) is 14.8 Å². The van der Waals surface area contributed by atoms with Gasteiger partial charge in [0, 0.05) is 6.04 Å². The van der Waals surface area contributed by atoms with Crippen LogP contribution in [0.25, 0.3) is 0 Å². The minimum absolute atomic E-state index is 0.0919. The third-order valence-corrected chi connectivity index (χ3v) is 1.32. The lowest BCUT2D eigenvalue weighted by atomic mass is 9.90. The van der Waals surface area contributed by atoms with Crippen molar-refractivity contribution < 1.29 is 10.0 Å². The molecule has 0 amide bonds. The van der Waals surface area contributed by atoms with E-state index in [4.69, 9.17) is 10.0 Å². The zero-order valence-electron chi connectivity index (χ0n) is 6.47. The molecule has 0 saturated heterocycles. The average Bonchev–Trinajstić information content (AvgIpc) is 2.32. The number of nitrogens with zero attached hydrogens (tertiary/aromatic N) is 3. The van der Waals surface area contributed by atoms with E-state index in [0.29, 0.717) is 0 Å². The van der Waals surface area contributed by atoms with Crippen LogP contribution in [0, 0.1) is 0 Å². The van der Waals surface area contributed by atoms with Crippen molar-refractivity contribution in [2.75, 3.05) is 0 Å². The molecule has 6 heteroatoms. The summed E-state index contributed by atoms with van der Waals surface area (Å²) in [4.78, 5) is 3.69. The molecule has 0 bridgehead atoms. The van der Waals surface area contributed by atoms with Crippen molar-refractivity contribution in [3.63, 3.8) is 0 Å². The van der Waals surface area contributed by atoms with E-state index in [2.05, 4.69) is 10.1 Å². The van der Waals surface area contributed by atoms with Gasteiger partial charge in [-0.2, -0.15) is 5.10 Å². The van der Waals surface area contributed by atoms with Crippen molar-refractivity contribution in [3.05, 3.63) is 6.33 Å². The van der Waals surface area contributed by atoms with Crippen molar-refractivity contribution in [1.29, 1.82) is 0 Å². The molecule has 0 aromatic carbocycles. The molecule has 0 spiro atoms. The smallest absolute Gasteiger partial charge is 0.421 e. The molecule has 0 aliphatic rings. The van der Waals surface area contributed by atoms with Crippen molar-refractivity contribution in [2.45, 2.75) is 19.9 Å². The number of hydrogen-bond donors (Lipinski definition) is 2. The van der Waals surface area contributed by atoms with E-state index in [1.54, 1.807) is 0 Å². The Labute approximate surface area is 64.8 Å². The van der Waals surface area contributed by atoms with Crippen LogP contribution in [0.2, 0.25) is 0 Å². The summed E-state index contributed by atoms with van der Waals surface area (Å²) in [6, 6.07) is 0.0919. The predicted octanol–water partition coefficient (Wildman–Crippen LogP) is -1.46. The minimum atomic E-state index is -1.54. The molecule has 0 radical (unpaired) electrons. The Morgan fingerprint density at radius 1 is 1.55 bits per heavy atom. The normalized spacial score (nSPS) is 10.6. The van der Waals surface area contributed by atoms with Gasteiger partial charge in [0.1, 0.15) is 6.33 Å². The fraction of sp³-hybridized carbons (Fsp3) is 0.600.